The van der Waals surface area contributed by atoms with Crippen LogP contribution in [0.25, 0.3) is 0 Å². The quantitative estimate of drug-likeness (QED) is 0.838. The molecule has 0 radical (unpaired) electrons. The lowest BCUT2D eigenvalue weighted by Crippen LogP contribution is -2.58. The number of ether oxygens (including phenoxy) is 1. The molecule has 1 amide bonds. The number of rotatable bonds is 2. The second-order valence-electron chi connectivity index (χ2n) is 7.81. The topological polar surface area (TPSA) is 55.6 Å². The fourth-order valence-corrected chi connectivity index (χ4v) is 4.23. The van der Waals surface area contributed by atoms with Crippen LogP contribution in [0.4, 0.5) is 0 Å². The van der Waals surface area contributed by atoms with Gasteiger partial charge in [0.25, 0.3) is 0 Å². The Hall–Kier alpha value is -0.910. The molecule has 0 spiro atoms. The van der Waals surface area contributed by atoms with Crippen molar-refractivity contribution in [3.05, 3.63) is 34.3 Å². The van der Waals surface area contributed by atoms with Crippen molar-refractivity contribution in [1.82, 2.24) is 4.90 Å². The molecule has 4 nitrogen and oxygen atoms in total. The predicted octanol–water partition coefficient (Wildman–Crippen LogP) is 3.08. The Morgan fingerprint density at radius 1 is 1.25 bits per heavy atom. The summed E-state index contributed by atoms with van der Waals surface area (Å²) in [5.41, 5.74) is 6.85. The number of carbonyl (C=O) groups is 1. The summed E-state index contributed by atoms with van der Waals surface area (Å²) in [6, 6.07) is 8.36. The standard InChI is InChI=1S/C19H27BrN2O2/c1-18(2)13-22(10-7-16(18)21)17(23)19(8-11-24-12-9-19)14-3-5-15(20)6-4-14/h3-6,16H,7-13,21H2,1-2H3. The van der Waals surface area contributed by atoms with Crippen LogP contribution in [0.1, 0.15) is 38.7 Å². The van der Waals surface area contributed by atoms with E-state index in [0.717, 1.165) is 42.4 Å². The molecule has 2 aliphatic rings. The highest BCUT2D eigenvalue weighted by atomic mass is 79.9. The van der Waals surface area contributed by atoms with Crippen molar-refractivity contribution < 1.29 is 9.53 Å². The molecule has 0 aromatic heterocycles. The van der Waals surface area contributed by atoms with Gasteiger partial charge in [-0.25, -0.2) is 0 Å². The second-order valence-corrected chi connectivity index (χ2v) is 8.73. The van der Waals surface area contributed by atoms with E-state index in [1.807, 2.05) is 17.0 Å². The molecule has 2 aliphatic heterocycles. The Morgan fingerprint density at radius 2 is 1.88 bits per heavy atom. The van der Waals surface area contributed by atoms with Crippen molar-refractivity contribution in [2.75, 3.05) is 26.3 Å². The summed E-state index contributed by atoms with van der Waals surface area (Å²) in [6.45, 7) is 7.08. The van der Waals surface area contributed by atoms with Gasteiger partial charge in [-0.1, -0.05) is 41.9 Å². The number of hydrogen-bond acceptors (Lipinski definition) is 3. The van der Waals surface area contributed by atoms with Gasteiger partial charge in [-0.3, -0.25) is 4.79 Å². The maximum absolute atomic E-state index is 13.6. The predicted molar refractivity (Wildman–Crippen MR) is 98.8 cm³/mol. The fourth-order valence-electron chi connectivity index (χ4n) is 3.96. The van der Waals surface area contributed by atoms with E-state index in [9.17, 15) is 4.79 Å². The van der Waals surface area contributed by atoms with Crippen LogP contribution in [0.5, 0.6) is 0 Å². The molecule has 2 fully saturated rings. The lowest BCUT2D eigenvalue weighted by molar-refractivity contribution is -0.144. The highest BCUT2D eigenvalue weighted by Gasteiger charge is 2.46. The number of carbonyl (C=O) groups excluding carboxylic acids is 1. The minimum absolute atomic E-state index is 0.0417. The number of nitrogens with two attached hydrogens (primary N) is 1. The number of hydrogen-bond donors (Lipinski definition) is 1. The smallest absolute Gasteiger partial charge is 0.233 e. The molecular formula is C19H27BrN2O2. The zero-order valence-electron chi connectivity index (χ0n) is 14.6. The van der Waals surface area contributed by atoms with Crippen molar-refractivity contribution in [2.45, 2.75) is 44.6 Å². The number of piperidine rings is 1. The average Bonchev–Trinajstić information content (AvgIpc) is 2.58. The molecule has 0 aliphatic carbocycles. The largest absolute Gasteiger partial charge is 0.381 e. The minimum Gasteiger partial charge on any atom is -0.381 e. The maximum Gasteiger partial charge on any atom is 0.233 e. The van der Waals surface area contributed by atoms with Gasteiger partial charge in [0.15, 0.2) is 0 Å². The molecule has 1 aromatic carbocycles. The van der Waals surface area contributed by atoms with Gasteiger partial charge >= 0.3 is 0 Å². The number of benzene rings is 1. The summed E-state index contributed by atoms with van der Waals surface area (Å²) in [6.07, 6.45) is 2.36. The molecular weight excluding hydrogens is 368 g/mol. The van der Waals surface area contributed by atoms with Gasteiger partial charge in [-0.15, -0.1) is 0 Å². The normalized spacial score (nSPS) is 26.2. The number of nitrogens with zero attached hydrogens (tertiary/aromatic N) is 1. The monoisotopic (exact) mass is 394 g/mol. The summed E-state index contributed by atoms with van der Waals surface area (Å²) in [5, 5.41) is 0. The molecule has 5 heteroatoms. The molecule has 2 heterocycles. The van der Waals surface area contributed by atoms with Crippen LogP contribution in [-0.2, 0) is 14.9 Å². The van der Waals surface area contributed by atoms with Gasteiger partial charge in [0, 0.05) is 36.8 Å². The van der Waals surface area contributed by atoms with E-state index >= 15 is 0 Å². The third-order valence-electron chi connectivity index (χ3n) is 5.75. The van der Waals surface area contributed by atoms with E-state index in [2.05, 4.69) is 41.9 Å². The van der Waals surface area contributed by atoms with Crippen molar-refractivity contribution in [1.29, 1.82) is 0 Å². The summed E-state index contributed by atoms with van der Waals surface area (Å²) in [4.78, 5) is 15.6. The summed E-state index contributed by atoms with van der Waals surface area (Å²) < 4.78 is 6.60. The fraction of sp³-hybridized carbons (Fsp3) is 0.632. The Labute approximate surface area is 152 Å². The lowest BCUT2D eigenvalue weighted by Gasteiger charge is -2.47. The Bertz CT molecular complexity index is 594. The minimum atomic E-state index is -0.462. The number of amides is 1. The van der Waals surface area contributed by atoms with Crippen LogP contribution in [0.15, 0.2) is 28.7 Å². The molecule has 2 N–H and O–H groups in total. The highest BCUT2D eigenvalue weighted by molar-refractivity contribution is 9.10. The van der Waals surface area contributed by atoms with Crippen LogP contribution in [0.3, 0.4) is 0 Å². The second kappa shape index (κ2) is 6.77. The SMILES string of the molecule is CC1(C)CN(C(=O)C2(c3ccc(Br)cc3)CCOCC2)CCC1N. The molecule has 1 aromatic rings. The lowest BCUT2D eigenvalue weighted by atomic mass is 9.71. The average molecular weight is 395 g/mol. The first-order chi connectivity index (χ1) is 11.3. The van der Waals surface area contributed by atoms with Gasteiger partial charge in [-0.05, 0) is 42.4 Å². The van der Waals surface area contributed by atoms with Gasteiger partial charge < -0.3 is 15.4 Å². The number of halogens is 1. The molecule has 3 rings (SSSR count). The van der Waals surface area contributed by atoms with Gasteiger partial charge in [-0.2, -0.15) is 0 Å². The van der Waals surface area contributed by atoms with E-state index in [1.54, 1.807) is 0 Å². The van der Waals surface area contributed by atoms with E-state index in [-0.39, 0.29) is 17.4 Å². The van der Waals surface area contributed by atoms with Crippen molar-refractivity contribution in [3.8, 4) is 0 Å². The molecule has 132 valence electrons. The number of likely N-dealkylation sites (tertiary alicyclic amines) is 1. The van der Waals surface area contributed by atoms with E-state index in [0.29, 0.717) is 13.2 Å². The van der Waals surface area contributed by atoms with E-state index < -0.39 is 5.41 Å². The van der Waals surface area contributed by atoms with Crippen LogP contribution in [0, 0.1) is 5.41 Å². The highest BCUT2D eigenvalue weighted by Crippen LogP contribution is 2.39. The zero-order valence-corrected chi connectivity index (χ0v) is 16.1. The molecule has 24 heavy (non-hydrogen) atoms. The zero-order chi connectivity index (χ0) is 17.4. The third-order valence-corrected chi connectivity index (χ3v) is 6.28. The Balaban J connectivity index is 1.91. The van der Waals surface area contributed by atoms with Crippen LogP contribution in [-0.4, -0.2) is 43.2 Å². The molecule has 2 saturated heterocycles. The molecule has 1 unspecified atom stereocenters. The van der Waals surface area contributed by atoms with Crippen molar-refractivity contribution in [2.24, 2.45) is 11.1 Å². The van der Waals surface area contributed by atoms with Gasteiger partial charge in [0.1, 0.15) is 0 Å². The maximum atomic E-state index is 13.6. The third kappa shape index (κ3) is 3.26. The van der Waals surface area contributed by atoms with Gasteiger partial charge in [0.05, 0.1) is 5.41 Å². The van der Waals surface area contributed by atoms with E-state index in [1.165, 1.54) is 0 Å². The summed E-state index contributed by atoms with van der Waals surface area (Å²) >= 11 is 3.49. The summed E-state index contributed by atoms with van der Waals surface area (Å²) in [7, 11) is 0. The van der Waals surface area contributed by atoms with Crippen molar-refractivity contribution in [3.63, 3.8) is 0 Å². The van der Waals surface area contributed by atoms with Crippen LogP contribution in [0.2, 0.25) is 0 Å². The Morgan fingerprint density at radius 3 is 2.46 bits per heavy atom. The first-order valence-corrected chi connectivity index (χ1v) is 9.53. The first-order valence-electron chi connectivity index (χ1n) is 8.74. The molecule has 0 saturated carbocycles. The summed E-state index contributed by atoms with van der Waals surface area (Å²) in [5.74, 6) is 0.244. The van der Waals surface area contributed by atoms with Crippen LogP contribution >= 0.6 is 15.9 Å². The Kier molecular flexibility index (Phi) is 5.05. The van der Waals surface area contributed by atoms with Gasteiger partial charge in [0.2, 0.25) is 5.91 Å². The first kappa shape index (κ1) is 17.9. The molecule has 0 bridgehead atoms. The van der Waals surface area contributed by atoms with E-state index in [4.69, 9.17) is 10.5 Å². The van der Waals surface area contributed by atoms with Crippen molar-refractivity contribution >= 4 is 21.8 Å². The molecule has 1 atom stereocenters. The van der Waals surface area contributed by atoms with Crippen LogP contribution < -0.4 is 5.73 Å².